The highest BCUT2D eigenvalue weighted by Gasteiger charge is 2.42. The molecular formula is C26H32Br2N4O. The normalized spacial score (nSPS) is 20.2. The smallest absolute Gasteiger partial charge is 0.260 e. The molecule has 4 rings (SSSR count). The summed E-state index contributed by atoms with van der Waals surface area (Å²) in [5.74, 6) is -0.201. The van der Waals surface area contributed by atoms with E-state index in [0.29, 0.717) is 0 Å². The number of hydrogen-bond donors (Lipinski definition) is 1. The van der Waals surface area contributed by atoms with Crippen LogP contribution in [0.4, 0.5) is 0 Å². The molecule has 0 aromatic heterocycles. The molecule has 0 atom stereocenters. The number of hydrogen-bond acceptors (Lipinski definition) is 3. The van der Waals surface area contributed by atoms with Gasteiger partial charge in [-0.25, -0.2) is 6.57 Å². The molecule has 33 heavy (non-hydrogen) atoms. The standard InChI is InChI=1S/C13H17BrN2O.C13H15BrN2/c1-16-8-6-13(7-9-16,12(15)17)10-2-4-11(14)5-3-10;1-15-13(7-9-16(2)10-8-13)11-3-5-12(14)6-4-11/h2-5H,6-9H2,1H3,(H2,15,17);3-6H,7-10H2,2H3. The van der Waals surface area contributed by atoms with Gasteiger partial charge in [-0.2, -0.15) is 0 Å². The average Bonchev–Trinajstić information content (AvgIpc) is 2.82. The summed E-state index contributed by atoms with van der Waals surface area (Å²) in [6.07, 6.45) is 3.49. The fourth-order valence-electron chi connectivity index (χ4n) is 4.66. The Morgan fingerprint density at radius 1 is 0.818 bits per heavy atom. The molecule has 2 heterocycles. The predicted octanol–water partition coefficient (Wildman–Crippen LogP) is 5.19. The first-order chi connectivity index (χ1) is 15.7. The molecule has 2 aromatic carbocycles. The first-order valence-electron chi connectivity index (χ1n) is 11.3. The third-order valence-electron chi connectivity index (χ3n) is 7.12. The van der Waals surface area contributed by atoms with Gasteiger partial charge in [-0.05, 0) is 82.0 Å². The largest absolute Gasteiger partial charge is 0.369 e. The molecular weight excluding hydrogens is 544 g/mol. The van der Waals surface area contributed by atoms with Crippen molar-refractivity contribution < 1.29 is 4.79 Å². The summed E-state index contributed by atoms with van der Waals surface area (Å²) >= 11 is 6.84. The van der Waals surface area contributed by atoms with E-state index in [4.69, 9.17) is 12.3 Å². The van der Waals surface area contributed by atoms with E-state index >= 15 is 0 Å². The van der Waals surface area contributed by atoms with Gasteiger partial charge >= 0.3 is 0 Å². The molecule has 0 spiro atoms. The van der Waals surface area contributed by atoms with Crippen LogP contribution in [0.2, 0.25) is 0 Å². The van der Waals surface area contributed by atoms with E-state index in [1.807, 2.05) is 36.4 Å². The van der Waals surface area contributed by atoms with Gasteiger partial charge in [-0.15, -0.1) is 0 Å². The summed E-state index contributed by atoms with van der Waals surface area (Å²) in [6, 6.07) is 16.2. The fraction of sp³-hybridized carbons (Fsp3) is 0.462. The summed E-state index contributed by atoms with van der Waals surface area (Å²) in [4.78, 5) is 20.3. The van der Waals surface area contributed by atoms with E-state index < -0.39 is 5.41 Å². The van der Waals surface area contributed by atoms with Crippen LogP contribution in [0, 0.1) is 6.57 Å². The van der Waals surface area contributed by atoms with E-state index in [1.54, 1.807) is 0 Å². The van der Waals surface area contributed by atoms with Gasteiger partial charge in [0.2, 0.25) is 5.91 Å². The highest BCUT2D eigenvalue weighted by atomic mass is 79.9. The number of nitrogens with two attached hydrogens (primary N) is 1. The van der Waals surface area contributed by atoms with Crippen LogP contribution in [0.5, 0.6) is 0 Å². The Morgan fingerprint density at radius 3 is 1.61 bits per heavy atom. The minimum absolute atomic E-state index is 0.201. The lowest BCUT2D eigenvalue weighted by Crippen LogP contribution is -2.49. The zero-order valence-corrected chi connectivity index (χ0v) is 22.5. The third-order valence-corrected chi connectivity index (χ3v) is 8.18. The van der Waals surface area contributed by atoms with Gasteiger partial charge in [0, 0.05) is 40.4 Å². The SMILES string of the molecule is CN1CCC(C(N)=O)(c2ccc(Br)cc2)CC1.[C-]#[N+]C1(c2ccc(Br)cc2)CCN(C)CC1. The highest BCUT2D eigenvalue weighted by molar-refractivity contribution is 9.10. The Hall–Kier alpha value is -1.72. The number of carbonyl (C=O) groups is 1. The zero-order chi connectivity index (χ0) is 24.1. The van der Waals surface area contributed by atoms with Gasteiger partial charge in [-0.3, -0.25) is 4.79 Å². The number of piperidine rings is 2. The minimum atomic E-state index is -0.479. The molecule has 0 unspecified atom stereocenters. The number of benzene rings is 2. The second-order valence-electron chi connectivity index (χ2n) is 9.21. The first kappa shape index (κ1) is 25.9. The number of amides is 1. The molecule has 1 amide bonds. The Bertz CT molecular complexity index is 969. The molecule has 2 aliphatic heterocycles. The monoisotopic (exact) mass is 574 g/mol. The summed E-state index contributed by atoms with van der Waals surface area (Å²) in [5.41, 5.74) is 7.09. The van der Waals surface area contributed by atoms with Gasteiger partial charge in [-0.1, -0.05) is 44.0 Å². The molecule has 0 saturated carbocycles. The molecule has 2 aliphatic rings. The van der Waals surface area contributed by atoms with Crippen molar-refractivity contribution in [1.29, 1.82) is 0 Å². The predicted molar refractivity (Wildman–Crippen MR) is 141 cm³/mol. The van der Waals surface area contributed by atoms with Gasteiger partial charge in [0.05, 0.1) is 5.41 Å². The Morgan fingerprint density at radius 2 is 1.21 bits per heavy atom. The Kier molecular flexibility index (Phi) is 8.74. The van der Waals surface area contributed by atoms with Crippen LogP contribution < -0.4 is 5.73 Å². The van der Waals surface area contributed by atoms with Crippen LogP contribution >= 0.6 is 31.9 Å². The number of halogens is 2. The zero-order valence-electron chi connectivity index (χ0n) is 19.4. The number of carbonyl (C=O) groups excluding carboxylic acids is 1. The van der Waals surface area contributed by atoms with Gasteiger partial charge in [0.25, 0.3) is 5.54 Å². The highest BCUT2D eigenvalue weighted by Crippen LogP contribution is 2.37. The quantitative estimate of drug-likeness (QED) is 0.513. The van der Waals surface area contributed by atoms with Crippen molar-refractivity contribution in [1.82, 2.24) is 9.80 Å². The van der Waals surface area contributed by atoms with Gasteiger partial charge < -0.3 is 20.4 Å². The van der Waals surface area contributed by atoms with Crippen molar-refractivity contribution in [3.8, 4) is 0 Å². The molecule has 0 aliphatic carbocycles. The molecule has 176 valence electrons. The summed E-state index contributed by atoms with van der Waals surface area (Å²) in [7, 11) is 4.20. The molecule has 2 N–H and O–H groups in total. The Labute approximate surface area is 214 Å². The van der Waals surface area contributed by atoms with Gasteiger partial charge in [0.1, 0.15) is 0 Å². The lowest BCUT2D eigenvalue weighted by Gasteiger charge is -2.38. The summed E-state index contributed by atoms with van der Waals surface area (Å²) in [5, 5.41) is 0. The fourth-order valence-corrected chi connectivity index (χ4v) is 5.19. The maximum absolute atomic E-state index is 11.9. The topological polar surface area (TPSA) is 53.9 Å². The second kappa shape index (κ2) is 11.1. The van der Waals surface area contributed by atoms with Crippen LogP contribution in [0.3, 0.4) is 0 Å². The van der Waals surface area contributed by atoms with E-state index in [2.05, 4.69) is 72.7 Å². The molecule has 5 nitrogen and oxygen atoms in total. The van der Waals surface area contributed by atoms with Gasteiger partial charge in [0.15, 0.2) is 0 Å². The molecule has 2 saturated heterocycles. The molecule has 0 bridgehead atoms. The van der Waals surface area contributed by atoms with Crippen LogP contribution in [-0.2, 0) is 15.7 Å². The lowest BCUT2D eigenvalue weighted by atomic mass is 9.72. The molecule has 7 heteroatoms. The van der Waals surface area contributed by atoms with E-state index in [9.17, 15) is 4.79 Å². The minimum Gasteiger partial charge on any atom is -0.369 e. The van der Waals surface area contributed by atoms with Crippen molar-refractivity contribution in [3.05, 3.63) is 80.0 Å². The van der Waals surface area contributed by atoms with Crippen LogP contribution in [-0.4, -0.2) is 56.0 Å². The van der Waals surface area contributed by atoms with Crippen LogP contribution in [0.1, 0.15) is 36.8 Å². The van der Waals surface area contributed by atoms with Crippen molar-refractivity contribution in [3.63, 3.8) is 0 Å². The summed E-state index contributed by atoms with van der Waals surface area (Å²) < 4.78 is 2.10. The van der Waals surface area contributed by atoms with E-state index in [-0.39, 0.29) is 11.4 Å². The molecule has 2 fully saturated rings. The molecule has 0 radical (unpaired) electrons. The van der Waals surface area contributed by atoms with E-state index in [0.717, 1.165) is 66.4 Å². The Balaban J connectivity index is 0.000000186. The third kappa shape index (κ3) is 6.05. The van der Waals surface area contributed by atoms with E-state index in [1.165, 1.54) is 5.56 Å². The number of rotatable bonds is 3. The van der Waals surface area contributed by atoms with Crippen molar-refractivity contribution >= 4 is 37.8 Å². The maximum atomic E-state index is 11.9. The summed E-state index contributed by atoms with van der Waals surface area (Å²) in [6.45, 7) is 11.4. The number of primary amides is 1. The number of likely N-dealkylation sites (tertiary alicyclic amines) is 2. The number of nitrogens with zero attached hydrogens (tertiary/aromatic N) is 3. The van der Waals surface area contributed by atoms with Crippen molar-refractivity contribution in [2.45, 2.75) is 36.6 Å². The van der Waals surface area contributed by atoms with Crippen LogP contribution in [0.15, 0.2) is 57.5 Å². The maximum Gasteiger partial charge on any atom is 0.260 e. The lowest BCUT2D eigenvalue weighted by molar-refractivity contribution is -0.125. The second-order valence-corrected chi connectivity index (χ2v) is 11.0. The average molecular weight is 576 g/mol. The van der Waals surface area contributed by atoms with Crippen molar-refractivity contribution in [2.75, 3.05) is 40.3 Å². The molecule has 2 aromatic rings. The van der Waals surface area contributed by atoms with Crippen LogP contribution in [0.25, 0.3) is 4.85 Å². The van der Waals surface area contributed by atoms with Crippen molar-refractivity contribution in [2.24, 2.45) is 5.73 Å². The first-order valence-corrected chi connectivity index (χ1v) is 12.9.